The molecule has 0 saturated carbocycles. The van der Waals surface area contributed by atoms with Crippen molar-refractivity contribution in [2.24, 2.45) is 5.92 Å². The average molecular weight is 340 g/mol. The number of hydrogen-bond donors (Lipinski definition) is 1. The first-order valence-corrected chi connectivity index (χ1v) is 9.21. The Labute approximate surface area is 137 Å². The predicted molar refractivity (Wildman–Crippen MR) is 88.6 cm³/mol. The van der Waals surface area contributed by atoms with Gasteiger partial charge in [-0.1, -0.05) is 29.8 Å². The number of aryl methyl sites for hydroxylation is 1. The fourth-order valence-electron chi connectivity index (χ4n) is 2.49. The van der Waals surface area contributed by atoms with Gasteiger partial charge in [0, 0.05) is 20.0 Å². The molecular weight excluding hydrogens is 316 g/mol. The SMILES string of the molecule is Cc1ccc(CC(=O)N[C@@H]2COC[C@H]2CS(=O)(=O)N(C)C)cc1. The molecule has 2 atom stereocenters. The van der Waals surface area contributed by atoms with E-state index in [1.54, 1.807) is 0 Å². The van der Waals surface area contributed by atoms with Crippen molar-refractivity contribution in [2.45, 2.75) is 19.4 Å². The maximum absolute atomic E-state index is 12.2. The van der Waals surface area contributed by atoms with E-state index in [4.69, 9.17) is 4.74 Å². The van der Waals surface area contributed by atoms with E-state index in [0.717, 1.165) is 11.1 Å². The Hall–Kier alpha value is -1.44. The normalized spacial score (nSPS) is 21.6. The predicted octanol–water partition coefficient (Wildman–Crippen LogP) is 0.560. The number of carbonyl (C=O) groups excluding carboxylic acids is 1. The van der Waals surface area contributed by atoms with Gasteiger partial charge in [0.1, 0.15) is 0 Å². The van der Waals surface area contributed by atoms with Crippen LogP contribution in [0.25, 0.3) is 0 Å². The number of benzene rings is 1. The lowest BCUT2D eigenvalue weighted by atomic mass is 10.1. The van der Waals surface area contributed by atoms with Gasteiger partial charge in [-0.05, 0) is 12.5 Å². The number of nitrogens with one attached hydrogen (secondary N) is 1. The van der Waals surface area contributed by atoms with Crippen molar-refractivity contribution in [3.63, 3.8) is 0 Å². The van der Waals surface area contributed by atoms with Crippen molar-refractivity contribution in [2.75, 3.05) is 33.1 Å². The standard InChI is InChI=1S/C16H24N2O4S/c1-12-4-6-13(7-5-12)8-16(19)17-15-10-22-9-14(15)11-23(20,21)18(2)3/h4-7,14-15H,8-11H2,1-3H3,(H,17,19)/t14-,15+/m0/s1. The lowest BCUT2D eigenvalue weighted by molar-refractivity contribution is -0.121. The van der Waals surface area contributed by atoms with Crippen LogP contribution < -0.4 is 5.32 Å². The Morgan fingerprint density at radius 1 is 1.26 bits per heavy atom. The fourth-order valence-corrected chi connectivity index (χ4v) is 3.66. The van der Waals surface area contributed by atoms with Gasteiger partial charge in [0.2, 0.25) is 15.9 Å². The lowest BCUT2D eigenvalue weighted by Gasteiger charge is -2.21. The Balaban J connectivity index is 1.93. The molecule has 1 amide bonds. The second-order valence-electron chi connectivity index (χ2n) is 6.19. The first-order valence-electron chi connectivity index (χ1n) is 7.61. The van der Waals surface area contributed by atoms with Gasteiger partial charge in [-0.2, -0.15) is 0 Å². The first-order chi connectivity index (χ1) is 10.8. The molecule has 0 bridgehead atoms. The molecule has 23 heavy (non-hydrogen) atoms. The second-order valence-corrected chi connectivity index (χ2v) is 8.42. The van der Waals surface area contributed by atoms with Crippen LogP contribution in [-0.4, -0.2) is 57.7 Å². The average Bonchev–Trinajstić information content (AvgIpc) is 2.87. The Morgan fingerprint density at radius 2 is 1.91 bits per heavy atom. The Bertz CT molecular complexity index is 641. The molecule has 1 aromatic carbocycles. The molecule has 1 aliphatic heterocycles. The minimum atomic E-state index is -3.31. The number of sulfonamides is 1. The van der Waals surface area contributed by atoms with E-state index in [-0.39, 0.29) is 30.0 Å². The summed E-state index contributed by atoms with van der Waals surface area (Å²) >= 11 is 0. The zero-order valence-corrected chi connectivity index (χ0v) is 14.6. The van der Waals surface area contributed by atoms with Crippen molar-refractivity contribution in [1.29, 1.82) is 0 Å². The number of carbonyl (C=O) groups is 1. The van der Waals surface area contributed by atoms with Crippen LogP contribution in [0.3, 0.4) is 0 Å². The molecule has 2 rings (SSSR count). The summed E-state index contributed by atoms with van der Waals surface area (Å²) in [5.74, 6) is -0.351. The summed E-state index contributed by atoms with van der Waals surface area (Å²) in [5, 5.41) is 2.91. The molecule has 0 aliphatic carbocycles. The van der Waals surface area contributed by atoms with Crippen molar-refractivity contribution in [3.05, 3.63) is 35.4 Å². The minimum Gasteiger partial charge on any atom is -0.379 e. The zero-order valence-electron chi connectivity index (χ0n) is 13.8. The van der Waals surface area contributed by atoms with Gasteiger partial charge in [-0.15, -0.1) is 0 Å². The van der Waals surface area contributed by atoms with Crippen LogP contribution in [0.15, 0.2) is 24.3 Å². The summed E-state index contributed by atoms with van der Waals surface area (Å²) < 4.78 is 30.6. The molecule has 128 valence electrons. The van der Waals surface area contributed by atoms with Gasteiger partial charge < -0.3 is 10.1 Å². The highest BCUT2D eigenvalue weighted by Gasteiger charge is 2.34. The molecule has 0 unspecified atom stereocenters. The smallest absolute Gasteiger partial charge is 0.224 e. The molecule has 7 heteroatoms. The van der Waals surface area contributed by atoms with E-state index in [9.17, 15) is 13.2 Å². The minimum absolute atomic E-state index is 0.0184. The molecule has 6 nitrogen and oxygen atoms in total. The third-order valence-electron chi connectivity index (χ3n) is 4.01. The second kappa shape index (κ2) is 7.42. The van der Waals surface area contributed by atoms with Crippen LogP contribution >= 0.6 is 0 Å². The maximum atomic E-state index is 12.2. The highest BCUT2D eigenvalue weighted by Crippen LogP contribution is 2.17. The monoisotopic (exact) mass is 340 g/mol. The third kappa shape index (κ3) is 5.02. The molecule has 0 spiro atoms. The number of hydrogen-bond acceptors (Lipinski definition) is 4. The van der Waals surface area contributed by atoms with Gasteiger partial charge in [-0.3, -0.25) is 4.79 Å². The zero-order chi connectivity index (χ0) is 17.0. The van der Waals surface area contributed by atoms with E-state index in [1.165, 1.54) is 18.4 Å². The molecule has 0 radical (unpaired) electrons. The molecule has 1 N–H and O–H groups in total. The lowest BCUT2D eigenvalue weighted by Crippen LogP contribution is -2.44. The highest BCUT2D eigenvalue weighted by molar-refractivity contribution is 7.89. The maximum Gasteiger partial charge on any atom is 0.224 e. The molecule has 1 aromatic rings. The number of amides is 1. The first kappa shape index (κ1) is 17.9. The summed E-state index contributed by atoms with van der Waals surface area (Å²) in [5.41, 5.74) is 2.08. The summed E-state index contributed by atoms with van der Waals surface area (Å²) in [4.78, 5) is 12.2. The van der Waals surface area contributed by atoms with E-state index >= 15 is 0 Å². The van der Waals surface area contributed by atoms with Crippen molar-refractivity contribution in [1.82, 2.24) is 9.62 Å². The van der Waals surface area contributed by atoms with Gasteiger partial charge >= 0.3 is 0 Å². The van der Waals surface area contributed by atoms with Crippen LogP contribution in [0.4, 0.5) is 0 Å². The van der Waals surface area contributed by atoms with Crippen LogP contribution in [-0.2, 0) is 26.0 Å². The molecular formula is C16H24N2O4S. The largest absolute Gasteiger partial charge is 0.379 e. The molecule has 0 aromatic heterocycles. The third-order valence-corrected chi connectivity index (χ3v) is 5.97. The van der Waals surface area contributed by atoms with Crippen molar-refractivity contribution >= 4 is 15.9 Å². The van der Waals surface area contributed by atoms with Gasteiger partial charge in [-0.25, -0.2) is 12.7 Å². The van der Waals surface area contributed by atoms with Crippen LogP contribution in [0.2, 0.25) is 0 Å². The Kier molecular flexibility index (Phi) is 5.78. The van der Waals surface area contributed by atoms with Crippen molar-refractivity contribution < 1.29 is 17.9 Å². The summed E-state index contributed by atoms with van der Waals surface area (Å²) in [6.45, 7) is 2.70. The van der Waals surface area contributed by atoms with Crippen molar-refractivity contribution in [3.8, 4) is 0 Å². The number of ether oxygens (including phenoxy) is 1. The summed E-state index contributed by atoms with van der Waals surface area (Å²) in [6.07, 6.45) is 0.282. The fraction of sp³-hybridized carbons (Fsp3) is 0.562. The van der Waals surface area contributed by atoms with Crippen LogP contribution in [0.1, 0.15) is 11.1 Å². The number of rotatable bonds is 6. The van der Waals surface area contributed by atoms with E-state index < -0.39 is 10.0 Å². The van der Waals surface area contributed by atoms with E-state index in [0.29, 0.717) is 13.2 Å². The molecule has 1 aliphatic rings. The topological polar surface area (TPSA) is 75.7 Å². The molecule has 1 saturated heterocycles. The summed E-state index contributed by atoms with van der Waals surface area (Å²) in [6, 6.07) is 7.52. The van der Waals surface area contributed by atoms with Gasteiger partial charge in [0.25, 0.3) is 0 Å². The Morgan fingerprint density at radius 3 is 2.52 bits per heavy atom. The van der Waals surface area contributed by atoms with Crippen LogP contribution in [0.5, 0.6) is 0 Å². The molecule has 1 fully saturated rings. The van der Waals surface area contributed by atoms with Gasteiger partial charge in [0.15, 0.2) is 0 Å². The summed E-state index contributed by atoms with van der Waals surface area (Å²) in [7, 11) is -0.292. The van der Waals surface area contributed by atoms with Crippen LogP contribution in [0, 0.1) is 12.8 Å². The quantitative estimate of drug-likeness (QED) is 0.821. The van der Waals surface area contributed by atoms with Gasteiger partial charge in [0.05, 0.1) is 31.4 Å². The van der Waals surface area contributed by atoms with E-state index in [2.05, 4.69) is 5.32 Å². The van der Waals surface area contributed by atoms with E-state index in [1.807, 2.05) is 31.2 Å². The molecule has 1 heterocycles. The number of nitrogens with zero attached hydrogens (tertiary/aromatic N) is 1. The highest BCUT2D eigenvalue weighted by atomic mass is 32.2.